The Hall–Kier alpha value is -3.52. The van der Waals surface area contributed by atoms with Gasteiger partial charge in [-0.1, -0.05) is 12.2 Å². The van der Waals surface area contributed by atoms with Crippen LogP contribution in [0, 0.1) is 6.92 Å². The van der Waals surface area contributed by atoms with E-state index >= 15 is 0 Å². The van der Waals surface area contributed by atoms with Crippen LogP contribution < -0.4 is 19.4 Å². The van der Waals surface area contributed by atoms with Gasteiger partial charge in [0.05, 0.1) is 6.61 Å². The summed E-state index contributed by atoms with van der Waals surface area (Å²) in [5.41, 5.74) is 2.41. The molecule has 8 heteroatoms. The van der Waals surface area contributed by atoms with Crippen molar-refractivity contribution < 1.29 is 27.9 Å². The molecule has 2 aromatic carbocycles. The van der Waals surface area contributed by atoms with Gasteiger partial charge in [0, 0.05) is 22.9 Å². The summed E-state index contributed by atoms with van der Waals surface area (Å²) in [6, 6.07) is 16.7. The SMILES string of the molecule is CCOc1ccc(NC(=S)/C(=C(/O)c2ccc(OC(F)F)cc2)[n+]2cccc(C)c2)cc1. The van der Waals surface area contributed by atoms with Crippen molar-refractivity contribution in [2.45, 2.75) is 20.5 Å². The van der Waals surface area contributed by atoms with E-state index in [9.17, 15) is 13.9 Å². The van der Waals surface area contributed by atoms with Gasteiger partial charge in [-0.25, -0.2) is 0 Å². The number of thiocarbonyl (C=S) groups is 1. The topological polar surface area (TPSA) is 54.6 Å². The number of nitrogens with one attached hydrogen (secondary N) is 1. The molecule has 3 aromatic rings. The maximum absolute atomic E-state index is 12.4. The molecule has 0 atom stereocenters. The molecule has 0 aliphatic rings. The lowest BCUT2D eigenvalue weighted by atomic mass is 10.1. The van der Waals surface area contributed by atoms with E-state index < -0.39 is 6.61 Å². The third kappa shape index (κ3) is 6.01. The number of ether oxygens (including phenoxy) is 2. The van der Waals surface area contributed by atoms with Gasteiger partial charge in [0.2, 0.25) is 0 Å². The molecule has 32 heavy (non-hydrogen) atoms. The van der Waals surface area contributed by atoms with Gasteiger partial charge in [-0.3, -0.25) is 0 Å². The lowest BCUT2D eigenvalue weighted by molar-refractivity contribution is -0.576. The van der Waals surface area contributed by atoms with Gasteiger partial charge in [0.15, 0.2) is 23.1 Å². The molecule has 0 bridgehead atoms. The molecule has 0 aliphatic heterocycles. The van der Waals surface area contributed by atoms with Crippen molar-refractivity contribution in [1.29, 1.82) is 0 Å². The van der Waals surface area contributed by atoms with E-state index in [-0.39, 0.29) is 16.5 Å². The predicted molar refractivity (Wildman–Crippen MR) is 124 cm³/mol. The Labute approximate surface area is 190 Å². The van der Waals surface area contributed by atoms with Gasteiger partial charge < -0.3 is 19.9 Å². The van der Waals surface area contributed by atoms with Crippen LogP contribution in [0.1, 0.15) is 18.1 Å². The van der Waals surface area contributed by atoms with Gasteiger partial charge >= 0.3 is 6.61 Å². The smallest absolute Gasteiger partial charge is 0.387 e. The lowest BCUT2D eigenvalue weighted by Crippen LogP contribution is -2.38. The molecule has 0 radical (unpaired) electrons. The van der Waals surface area contributed by atoms with Crippen molar-refractivity contribution in [2.75, 3.05) is 11.9 Å². The zero-order chi connectivity index (χ0) is 23.1. The van der Waals surface area contributed by atoms with E-state index in [0.717, 1.165) is 17.0 Å². The van der Waals surface area contributed by atoms with Crippen LogP contribution >= 0.6 is 12.2 Å². The highest BCUT2D eigenvalue weighted by Gasteiger charge is 2.24. The zero-order valence-electron chi connectivity index (χ0n) is 17.6. The third-order valence-corrected chi connectivity index (χ3v) is 4.72. The predicted octanol–water partition coefficient (Wildman–Crippen LogP) is 5.61. The Bertz CT molecular complexity index is 1100. The maximum atomic E-state index is 12.4. The monoisotopic (exact) mass is 457 g/mol. The average molecular weight is 458 g/mol. The number of hydrogen-bond donors (Lipinski definition) is 2. The Morgan fingerprint density at radius 1 is 1.06 bits per heavy atom. The van der Waals surface area contributed by atoms with Crippen LogP contribution in [0.25, 0.3) is 11.5 Å². The van der Waals surface area contributed by atoms with Crippen molar-refractivity contribution in [3.8, 4) is 11.5 Å². The molecule has 0 amide bonds. The fourth-order valence-electron chi connectivity index (χ4n) is 3.00. The number of alkyl halides is 2. The number of pyridine rings is 1. The summed E-state index contributed by atoms with van der Waals surface area (Å²) >= 11 is 5.62. The Morgan fingerprint density at radius 2 is 1.72 bits per heavy atom. The van der Waals surface area contributed by atoms with E-state index in [4.69, 9.17) is 17.0 Å². The molecule has 0 fully saturated rings. The van der Waals surface area contributed by atoms with Crippen LogP contribution in [0.3, 0.4) is 0 Å². The molecule has 1 aromatic heterocycles. The van der Waals surface area contributed by atoms with Crippen molar-refractivity contribution in [2.24, 2.45) is 0 Å². The lowest BCUT2D eigenvalue weighted by Gasteiger charge is -2.11. The fraction of sp³-hybridized carbons (Fsp3) is 0.167. The molecular formula is C24H23F2N2O3S+. The third-order valence-electron chi connectivity index (χ3n) is 4.42. The standard InChI is InChI=1S/C24H22F2N2O3S/c1-3-30-19-12-8-18(9-13-19)27-23(32)21(28-14-4-5-16(2)15-28)22(29)17-6-10-20(11-7-17)31-24(25)26/h4-15,24H,3H2,1-2H3,(H-,27,29,32)/p+1. The van der Waals surface area contributed by atoms with E-state index in [1.165, 1.54) is 24.3 Å². The zero-order valence-corrected chi connectivity index (χ0v) is 18.4. The Balaban J connectivity index is 1.96. The first kappa shape index (κ1) is 23.1. The minimum absolute atomic E-state index is 0.00334. The number of halogens is 2. The summed E-state index contributed by atoms with van der Waals surface area (Å²) < 4.78 is 36.4. The second kappa shape index (κ2) is 10.7. The van der Waals surface area contributed by atoms with Crippen LogP contribution in [-0.4, -0.2) is 23.3 Å². The molecule has 1 heterocycles. The molecule has 0 saturated carbocycles. The number of aryl methyl sites for hydroxylation is 1. The number of aliphatic hydroxyl groups is 1. The number of rotatable bonds is 8. The first-order chi connectivity index (χ1) is 15.4. The van der Waals surface area contributed by atoms with E-state index in [2.05, 4.69) is 10.1 Å². The number of nitrogens with zero attached hydrogens (tertiary/aromatic N) is 1. The summed E-state index contributed by atoms with van der Waals surface area (Å²) in [7, 11) is 0. The highest BCUT2D eigenvalue weighted by molar-refractivity contribution is 7.81. The number of hydrogen-bond acceptors (Lipinski definition) is 4. The molecule has 3 rings (SSSR count). The van der Waals surface area contributed by atoms with Gasteiger partial charge in [-0.05, 0) is 68.4 Å². The minimum atomic E-state index is -2.92. The van der Waals surface area contributed by atoms with Gasteiger partial charge in [-0.15, -0.1) is 0 Å². The van der Waals surface area contributed by atoms with Crippen LogP contribution in [0.4, 0.5) is 14.5 Å². The first-order valence-corrected chi connectivity index (χ1v) is 10.3. The maximum Gasteiger partial charge on any atom is 0.387 e. The Kier molecular flexibility index (Phi) is 7.72. The van der Waals surface area contributed by atoms with Gasteiger partial charge in [0.25, 0.3) is 5.70 Å². The molecule has 5 nitrogen and oxygen atoms in total. The second-order valence-electron chi connectivity index (χ2n) is 6.80. The molecule has 0 unspecified atom stereocenters. The van der Waals surface area contributed by atoms with Crippen LogP contribution in [-0.2, 0) is 0 Å². The van der Waals surface area contributed by atoms with Crippen LogP contribution in [0.5, 0.6) is 11.5 Å². The fourth-order valence-corrected chi connectivity index (χ4v) is 3.32. The molecule has 2 N–H and O–H groups in total. The summed E-state index contributed by atoms with van der Waals surface area (Å²) in [5.74, 6) is 0.616. The Morgan fingerprint density at radius 3 is 2.31 bits per heavy atom. The summed E-state index contributed by atoms with van der Waals surface area (Å²) in [6.45, 7) is 1.47. The molecule has 0 spiro atoms. The average Bonchev–Trinajstić information content (AvgIpc) is 2.75. The first-order valence-electron chi connectivity index (χ1n) is 9.88. The van der Waals surface area contributed by atoms with Crippen molar-refractivity contribution in [3.63, 3.8) is 0 Å². The summed E-state index contributed by atoms with van der Waals surface area (Å²) in [4.78, 5) is 0.273. The van der Waals surface area contributed by atoms with E-state index in [1.807, 2.05) is 56.4 Å². The van der Waals surface area contributed by atoms with Gasteiger partial charge in [-0.2, -0.15) is 13.3 Å². The molecule has 166 valence electrons. The summed E-state index contributed by atoms with van der Waals surface area (Å²) in [6.07, 6.45) is 3.59. The van der Waals surface area contributed by atoms with Crippen molar-refractivity contribution in [1.82, 2.24) is 0 Å². The number of aliphatic hydroxyl groups excluding tert-OH is 1. The second-order valence-corrected chi connectivity index (χ2v) is 7.21. The highest BCUT2D eigenvalue weighted by Crippen LogP contribution is 2.23. The molecular weight excluding hydrogens is 434 g/mol. The van der Waals surface area contributed by atoms with Crippen molar-refractivity contribution in [3.05, 3.63) is 84.2 Å². The van der Waals surface area contributed by atoms with E-state index in [1.54, 1.807) is 10.8 Å². The number of benzene rings is 2. The highest BCUT2D eigenvalue weighted by atomic mass is 32.1. The largest absolute Gasteiger partial charge is 0.502 e. The van der Waals surface area contributed by atoms with Crippen molar-refractivity contribution >= 4 is 34.3 Å². The number of aromatic nitrogens is 1. The quantitative estimate of drug-likeness (QED) is 0.199. The molecule has 0 aliphatic carbocycles. The minimum Gasteiger partial charge on any atom is -0.502 e. The summed E-state index contributed by atoms with van der Waals surface area (Å²) in [5, 5.41) is 14.2. The van der Waals surface area contributed by atoms with Crippen LogP contribution in [0.2, 0.25) is 0 Å². The van der Waals surface area contributed by atoms with E-state index in [0.29, 0.717) is 17.9 Å². The van der Waals surface area contributed by atoms with Crippen LogP contribution in [0.15, 0.2) is 73.1 Å². The number of anilines is 1. The normalized spacial score (nSPS) is 11.7. The molecule has 0 saturated heterocycles. The van der Waals surface area contributed by atoms with Gasteiger partial charge in [0.1, 0.15) is 11.5 Å².